The maximum absolute atomic E-state index is 13.5. The van der Waals surface area contributed by atoms with Gasteiger partial charge in [0.2, 0.25) is 0 Å². The molecule has 1 aliphatic heterocycles. The first kappa shape index (κ1) is 22.6. The van der Waals surface area contributed by atoms with Crippen LogP contribution in [-0.2, 0) is 9.53 Å². The van der Waals surface area contributed by atoms with Gasteiger partial charge in [-0.1, -0.05) is 41.1 Å². The van der Waals surface area contributed by atoms with Crippen LogP contribution in [0.2, 0.25) is 5.02 Å². The molecule has 2 aromatic carbocycles. The molecule has 4 rings (SSSR count). The van der Waals surface area contributed by atoms with Gasteiger partial charge in [-0.2, -0.15) is 0 Å². The fraction of sp³-hybridized carbons (Fsp3) is 0.174. The molecule has 168 valence electrons. The highest BCUT2D eigenvalue weighted by atomic mass is 35.5. The number of allylic oxidation sites excluding steroid dienone is 1. The second kappa shape index (κ2) is 9.13. The van der Waals surface area contributed by atoms with E-state index in [1.54, 1.807) is 56.3 Å². The van der Waals surface area contributed by atoms with Crippen molar-refractivity contribution in [3.8, 4) is 0 Å². The van der Waals surface area contributed by atoms with Crippen LogP contribution in [0.25, 0.3) is 6.08 Å². The Hall–Kier alpha value is -3.56. The number of nitrogens with zero attached hydrogens (tertiary/aromatic N) is 3. The Bertz CT molecular complexity index is 1470. The molecule has 1 aromatic heterocycles. The molecule has 0 amide bonds. The van der Waals surface area contributed by atoms with Crippen molar-refractivity contribution < 1.29 is 14.5 Å². The number of carbonyl (C=O) groups excluding carboxylic acids is 1. The fourth-order valence-electron chi connectivity index (χ4n) is 3.63. The average Bonchev–Trinajstić information content (AvgIpc) is 3.08. The molecule has 2 heterocycles. The van der Waals surface area contributed by atoms with Crippen molar-refractivity contribution in [1.82, 2.24) is 4.57 Å². The molecule has 0 spiro atoms. The number of halogens is 1. The fourth-order valence-corrected chi connectivity index (χ4v) is 4.91. The first-order valence-corrected chi connectivity index (χ1v) is 11.2. The van der Waals surface area contributed by atoms with E-state index in [4.69, 9.17) is 16.3 Å². The lowest BCUT2D eigenvalue weighted by Gasteiger charge is -2.25. The van der Waals surface area contributed by atoms with Crippen LogP contribution in [-0.4, -0.2) is 22.1 Å². The number of rotatable bonds is 5. The van der Waals surface area contributed by atoms with Gasteiger partial charge in [0.25, 0.3) is 11.2 Å². The van der Waals surface area contributed by atoms with E-state index in [1.165, 1.54) is 28.0 Å². The van der Waals surface area contributed by atoms with E-state index in [-0.39, 0.29) is 23.4 Å². The Morgan fingerprint density at radius 3 is 2.61 bits per heavy atom. The number of non-ortho nitro benzene ring substituents is 1. The smallest absolute Gasteiger partial charge is 0.338 e. The van der Waals surface area contributed by atoms with Crippen molar-refractivity contribution in [2.24, 2.45) is 4.99 Å². The zero-order valence-electron chi connectivity index (χ0n) is 17.6. The maximum Gasteiger partial charge on any atom is 0.338 e. The summed E-state index contributed by atoms with van der Waals surface area (Å²) < 4.78 is 7.08. The zero-order valence-corrected chi connectivity index (χ0v) is 19.2. The third-order valence-electron chi connectivity index (χ3n) is 5.12. The van der Waals surface area contributed by atoms with Gasteiger partial charge in [-0.25, -0.2) is 9.79 Å². The summed E-state index contributed by atoms with van der Waals surface area (Å²) in [6, 6.07) is 12.1. The number of carbonyl (C=O) groups is 1. The van der Waals surface area contributed by atoms with Gasteiger partial charge in [0, 0.05) is 17.2 Å². The number of nitro groups is 1. The van der Waals surface area contributed by atoms with E-state index in [1.807, 2.05) is 0 Å². The van der Waals surface area contributed by atoms with Crippen molar-refractivity contribution in [3.63, 3.8) is 0 Å². The van der Waals surface area contributed by atoms with Crippen LogP contribution in [0.5, 0.6) is 0 Å². The van der Waals surface area contributed by atoms with Crippen LogP contribution in [0.15, 0.2) is 69.6 Å². The highest BCUT2D eigenvalue weighted by Crippen LogP contribution is 2.34. The normalized spacial score (nSPS) is 15.7. The van der Waals surface area contributed by atoms with Gasteiger partial charge in [0.05, 0.1) is 27.3 Å². The summed E-state index contributed by atoms with van der Waals surface area (Å²) >= 11 is 7.64. The average molecular weight is 484 g/mol. The Morgan fingerprint density at radius 2 is 1.97 bits per heavy atom. The van der Waals surface area contributed by atoms with E-state index in [9.17, 15) is 19.7 Å². The second-order valence-electron chi connectivity index (χ2n) is 7.17. The minimum atomic E-state index is -0.798. The Morgan fingerprint density at radius 1 is 1.27 bits per heavy atom. The van der Waals surface area contributed by atoms with Crippen LogP contribution in [0.4, 0.5) is 5.69 Å². The Labute approximate surface area is 196 Å². The summed E-state index contributed by atoms with van der Waals surface area (Å²) in [6.07, 6.45) is 1.64. The van der Waals surface area contributed by atoms with Crippen molar-refractivity contribution in [1.29, 1.82) is 0 Å². The molecule has 0 bridgehead atoms. The van der Waals surface area contributed by atoms with Gasteiger partial charge in [0.15, 0.2) is 4.80 Å². The van der Waals surface area contributed by atoms with Gasteiger partial charge < -0.3 is 4.74 Å². The van der Waals surface area contributed by atoms with Gasteiger partial charge in [0.1, 0.15) is 6.04 Å². The summed E-state index contributed by atoms with van der Waals surface area (Å²) in [5.74, 6) is -0.562. The summed E-state index contributed by atoms with van der Waals surface area (Å²) in [5, 5.41) is 11.3. The number of ether oxygens (including phenoxy) is 1. The third kappa shape index (κ3) is 4.24. The van der Waals surface area contributed by atoms with Crippen LogP contribution >= 0.6 is 22.9 Å². The monoisotopic (exact) mass is 483 g/mol. The number of esters is 1. The number of nitro benzene ring substituents is 1. The van der Waals surface area contributed by atoms with Gasteiger partial charge in [-0.3, -0.25) is 19.5 Å². The minimum absolute atomic E-state index is 0.0398. The molecule has 0 unspecified atom stereocenters. The van der Waals surface area contributed by atoms with E-state index in [2.05, 4.69) is 4.99 Å². The third-order valence-corrected chi connectivity index (χ3v) is 6.45. The van der Waals surface area contributed by atoms with Gasteiger partial charge in [-0.05, 0) is 49.2 Å². The van der Waals surface area contributed by atoms with Crippen molar-refractivity contribution in [2.45, 2.75) is 19.9 Å². The summed E-state index contributed by atoms with van der Waals surface area (Å²) in [6.45, 7) is 3.58. The first-order chi connectivity index (χ1) is 15.8. The summed E-state index contributed by atoms with van der Waals surface area (Å²) in [7, 11) is 0. The van der Waals surface area contributed by atoms with E-state index in [0.717, 1.165) is 0 Å². The highest BCUT2D eigenvalue weighted by molar-refractivity contribution is 7.07. The molecule has 0 fully saturated rings. The molecular weight excluding hydrogens is 466 g/mol. The van der Waals surface area contributed by atoms with Crippen LogP contribution in [0.3, 0.4) is 0 Å². The van der Waals surface area contributed by atoms with Crippen molar-refractivity contribution in [2.75, 3.05) is 6.61 Å². The molecule has 33 heavy (non-hydrogen) atoms. The molecule has 0 saturated heterocycles. The molecule has 3 aromatic rings. The summed E-state index contributed by atoms with van der Waals surface area (Å²) in [4.78, 5) is 41.7. The van der Waals surface area contributed by atoms with E-state index < -0.39 is 16.9 Å². The lowest BCUT2D eigenvalue weighted by molar-refractivity contribution is -0.384. The van der Waals surface area contributed by atoms with Gasteiger partial charge in [-0.15, -0.1) is 0 Å². The quantitative estimate of drug-likeness (QED) is 0.314. The standard InChI is InChI=1S/C23H18ClN3O5S/c1-3-32-22(29)19-13(2)25-23-26(20(19)16-6-4-5-7-17(16)24)21(28)18(33-23)12-14-8-10-15(11-9-14)27(30)31/h4-12,20H,3H2,1-2H3/b18-12+/t20-/m0/s1. The maximum atomic E-state index is 13.5. The molecule has 8 nitrogen and oxygen atoms in total. The highest BCUT2D eigenvalue weighted by Gasteiger charge is 2.34. The molecule has 1 atom stereocenters. The van der Waals surface area contributed by atoms with Crippen molar-refractivity contribution in [3.05, 3.63) is 106 Å². The lowest BCUT2D eigenvalue weighted by atomic mass is 9.96. The molecule has 10 heteroatoms. The second-order valence-corrected chi connectivity index (χ2v) is 8.59. The number of fused-ring (bicyclic) bond motifs is 1. The molecular formula is C23H18ClN3O5S. The van der Waals surface area contributed by atoms with Crippen LogP contribution in [0, 0.1) is 10.1 Å². The van der Waals surface area contributed by atoms with Crippen molar-refractivity contribution >= 4 is 40.7 Å². The SMILES string of the molecule is CCOC(=O)C1=C(C)N=c2s/c(=C/c3ccc([N+](=O)[O-])cc3)c(=O)n2[C@H]1c1ccccc1Cl. The number of hydrogen-bond acceptors (Lipinski definition) is 7. The predicted octanol–water partition coefficient (Wildman–Crippen LogP) is 3.36. The number of hydrogen-bond donors (Lipinski definition) is 0. The molecule has 0 radical (unpaired) electrons. The number of benzene rings is 2. The lowest BCUT2D eigenvalue weighted by Crippen LogP contribution is -2.40. The van der Waals surface area contributed by atoms with E-state index >= 15 is 0 Å². The first-order valence-electron chi connectivity index (χ1n) is 10.0. The van der Waals surface area contributed by atoms with Gasteiger partial charge >= 0.3 is 5.97 Å². The summed E-state index contributed by atoms with van der Waals surface area (Å²) in [5.41, 5.74) is 1.51. The molecule has 0 saturated carbocycles. The zero-order chi connectivity index (χ0) is 23.7. The van der Waals surface area contributed by atoms with Crippen LogP contribution in [0.1, 0.15) is 31.0 Å². The minimum Gasteiger partial charge on any atom is -0.463 e. The molecule has 0 N–H and O–H groups in total. The molecule has 0 aliphatic carbocycles. The van der Waals surface area contributed by atoms with Crippen LogP contribution < -0.4 is 14.9 Å². The number of aromatic nitrogens is 1. The predicted molar refractivity (Wildman–Crippen MR) is 125 cm³/mol. The largest absolute Gasteiger partial charge is 0.463 e. The Balaban J connectivity index is 1.93. The molecule has 1 aliphatic rings. The number of thiazole rings is 1. The van der Waals surface area contributed by atoms with E-state index in [0.29, 0.717) is 31.2 Å². The Kier molecular flexibility index (Phi) is 6.26. The topological polar surface area (TPSA) is 104 Å².